The molecule has 2 nitrogen and oxygen atoms in total. The topological polar surface area (TPSA) is 21.6 Å². The predicted molar refractivity (Wildman–Crippen MR) is 57.6 cm³/mol. The summed E-state index contributed by atoms with van der Waals surface area (Å²) in [6.07, 6.45) is 1.70. The summed E-state index contributed by atoms with van der Waals surface area (Å²) in [5, 5.41) is 0. The van der Waals surface area contributed by atoms with Crippen molar-refractivity contribution in [2.45, 2.75) is 13.0 Å². The Morgan fingerprint density at radius 3 is 3.00 bits per heavy atom. The van der Waals surface area contributed by atoms with Crippen LogP contribution in [0.2, 0.25) is 0 Å². The summed E-state index contributed by atoms with van der Waals surface area (Å²) >= 11 is 0. The number of ether oxygens (including phenoxy) is 1. The third-order valence-corrected chi connectivity index (χ3v) is 2.38. The fraction of sp³-hybridized carbons (Fsp3) is 0.250. The highest BCUT2D eigenvalue weighted by Crippen LogP contribution is 2.18. The van der Waals surface area contributed by atoms with E-state index in [1.165, 1.54) is 6.07 Å². The minimum atomic E-state index is -0.293. The monoisotopic (exact) mass is 205 g/mol. The van der Waals surface area contributed by atoms with E-state index in [-0.39, 0.29) is 11.9 Å². The van der Waals surface area contributed by atoms with Crippen molar-refractivity contribution >= 4 is 5.90 Å². The second-order valence-electron chi connectivity index (χ2n) is 3.48. The maximum Gasteiger partial charge on any atom is 0.220 e. The molecule has 0 aliphatic carbocycles. The van der Waals surface area contributed by atoms with Gasteiger partial charge in [-0.1, -0.05) is 18.2 Å². The smallest absolute Gasteiger partial charge is 0.220 e. The van der Waals surface area contributed by atoms with Crippen LogP contribution in [0, 0.1) is 12.7 Å². The van der Waals surface area contributed by atoms with E-state index in [0.29, 0.717) is 18.1 Å². The highest BCUT2D eigenvalue weighted by Gasteiger charge is 2.21. The van der Waals surface area contributed by atoms with Crippen molar-refractivity contribution in [3.8, 4) is 0 Å². The van der Waals surface area contributed by atoms with Gasteiger partial charge in [0.2, 0.25) is 5.90 Å². The van der Waals surface area contributed by atoms with E-state index in [0.717, 1.165) is 5.56 Å². The number of nitrogens with zero attached hydrogens (tertiary/aromatic N) is 1. The molecule has 0 N–H and O–H groups in total. The van der Waals surface area contributed by atoms with Gasteiger partial charge in [-0.15, -0.1) is 6.58 Å². The first-order valence-corrected chi connectivity index (χ1v) is 4.81. The largest absolute Gasteiger partial charge is 0.475 e. The molecule has 2 rings (SSSR count). The summed E-state index contributed by atoms with van der Waals surface area (Å²) in [7, 11) is 0. The first-order valence-electron chi connectivity index (χ1n) is 4.81. The van der Waals surface area contributed by atoms with Crippen molar-refractivity contribution in [3.63, 3.8) is 0 Å². The van der Waals surface area contributed by atoms with E-state index in [4.69, 9.17) is 4.74 Å². The minimum Gasteiger partial charge on any atom is -0.475 e. The lowest BCUT2D eigenvalue weighted by Gasteiger charge is -2.05. The summed E-state index contributed by atoms with van der Waals surface area (Å²) in [5.41, 5.74) is 1.29. The first kappa shape index (κ1) is 9.90. The number of hydrogen-bond donors (Lipinski definition) is 0. The third kappa shape index (κ3) is 1.77. The second-order valence-corrected chi connectivity index (χ2v) is 3.48. The summed E-state index contributed by atoms with van der Waals surface area (Å²) in [4.78, 5) is 4.23. The zero-order valence-electron chi connectivity index (χ0n) is 8.53. The first-order chi connectivity index (χ1) is 7.22. The Balaban J connectivity index is 2.42. The molecule has 78 valence electrons. The Morgan fingerprint density at radius 2 is 2.40 bits per heavy atom. The number of hydrogen-bond acceptors (Lipinski definition) is 2. The third-order valence-electron chi connectivity index (χ3n) is 2.38. The van der Waals surface area contributed by atoms with Gasteiger partial charge < -0.3 is 4.74 Å². The van der Waals surface area contributed by atoms with Gasteiger partial charge in [-0.25, -0.2) is 9.38 Å². The SMILES string of the molecule is C=CC1COC(c2c(C)cccc2F)=N1. The number of benzene rings is 1. The highest BCUT2D eigenvalue weighted by atomic mass is 19.1. The van der Waals surface area contributed by atoms with Crippen molar-refractivity contribution in [1.29, 1.82) is 0 Å². The van der Waals surface area contributed by atoms with Crippen molar-refractivity contribution in [3.05, 3.63) is 47.8 Å². The molecular formula is C12H12FNO. The Kier molecular flexibility index (Phi) is 2.54. The van der Waals surface area contributed by atoms with Gasteiger partial charge in [-0.3, -0.25) is 0 Å². The molecule has 0 spiro atoms. The molecule has 1 atom stereocenters. The summed E-state index contributed by atoms with van der Waals surface area (Å²) < 4.78 is 18.9. The molecule has 1 heterocycles. The molecule has 0 saturated carbocycles. The van der Waals surface area contributed by atoms with E-state index >= 15 is 0 Å². The quantitative estimate of drug-likeness (QED) is 0.680. The van der Waals surface area contributed by atoms with Crippen molar-refractivity contribution in [2.75, 3.05) is 6.61 Å². The lowest BCUT2D eigenvalue weighted by molar-refractivity contribution is 0.331. The Morgan fingerprint density at radius 1 is 1.60 bits per heavy atom. The molecule has 1 aromatic rings. The summed E-state index contributed by atoms with van der Waals surface area (Å²) in [6, 6.07) is 4.87. The zero-order chi connectivity index (χ0) is 10.8. The standard InChI is InChI=1S/C12H12FNO/c1-3-9-7-15-12(14-9)11-8(2)5-4-6-10(11)13/h3-6,9H,1,7H2,2H3. The number of aliphatic imine (C=N–C) groups is 1. The number of rotatable bonds is 2. The lowest BCUT2D eigenvalue weighted by atomic mass is 10.1. The van der Waals surface area contributed by atoms with Crippen LogP contribution in [0.25, 0.3) is 0 Å². The van der Waals surface area contributed by atoms with Gasteiger partial charge in [0.1, 0.15) is 18.5 Å². The van der Waals surface area contributed by atoms with E-state index in [1.54, 1.807) is 12.1 Å². The van der Waals surface area contributed by atoms with Crippen molar-refractivity contribution in [2.24, 2.45) is 4.99 Å². The van der Waals surface area contributed by atoms with Crippen molar-refractivity contribution in [1.82, 2.24) is 0 Å². The average Bonchev–Trinajstić information content (AvgIpc) is 2.66. The molecule has 1 unspecified atom stereocenters. The maximum absolute atomic E-state index is 13.5. The summed E-state index contributed by atoms with van der Waals surface area (Å²) in [6.45, 7) is 5.92. The van der Waals surface area contributed by atoms with Crippen LogP contribution in [0.4, 0.5) is 4.39 Å². The van der Waals surface area contributed by atoms with Gasteiger partial charge >= 0.3 is 0 Å². The fourth-order valence-corrected chi connectivity index (χ4v) is 1.55. The van der Waals surface area contributed by atoms with Gasteiger partial charge in [-0.05, 0) is 18.6 Å². The molecule has 1 aliphatic heterocycles. The Labute approximate surface area is 88.1 Å². The molecule has 0 saturated heterocycles. The molecule has 1 aromatic carbocycles. The van der Waals surface area contributed by atoms with Crippen LogP contribution in [0.3, 0.4) is 0 Å². The van der Waals surface area contributed by atoms with Crippen LogP contribution < -0.4 is 0 Å². The number of halogens is 1. The second kappa shape index (κ2) is 3.85. The molecule has 3 heteroatoms. The fourth-order valence-electron chi connectivity index (χ4n) is 1.55. The van der Waals surface area contributed by atoms with E-state index in [9.17, 15) is 4.39 Å². The molecule has 1 aliphatic rings. The van der Waals surface area contributed by atoms with Crippen LogP contribution in [0.1, 0.15) is 11.1 Å². The molecular weight excluding hydrogens is 193 g/mol. The molecule has 0 aromatic heterocycles. The molecule has 15 heavy (non-hydrogen) atoms. The van der Waals surface area contributed by atoms with Gasteiger partial charge in [-0.2, -0.15) is 0 Å². The Bertz CT molecular complexity index is 405. The highest BCUT2D eigenvalue weighted by molar-refractivity contribution is 5.96. The lowest BCUT2D eigenvalue weighted by Crippen LogP contribution is -2.06. The van der Waals surface area contributed by atoms with E-state index in [1.807, 2.05) is 13.0 Å². The van der Waals surface area contributed by atoms with Crippen LogP contribution in [-0.2, 0) is 4.74 Å². The number of aryl methyl sites for hydroxylation is 1. The minimum absolute atomic E-state index is 0.0565. The maximum atomic E-state index is 13.5. The Hall–Kier alpha value is -1.64. The van der Waals surface area contributed by atoms with E-state index in [2.05, 4.69) is 11.6 Å². The van der Waals surface area contributed by atoms with Crippen LogP contribution >= 0.6 is 0 Å². The zero-order valence-corrected chi connectivity index (χ0v) is 8.53. The molecule has 0 amide bonds. The average molecular weight is 205 g/mol. The van der Waals surface area contributed by atoms with Crippen LogP contribution in [0.5, 0.6) is 0 Å². The normalized spacial score (nSPS) is 19.6. The van der Waals surface area contributed by atoms with Gasteiger partial charge in [0.05, 0.1) is 5.56 Å². The molecule has 0 bridgehead atoms. The summed E-state index contributed by atoms with van der Waals surface area (Å²) in [5.74, 6) is 0.0916. The van der Waals surface area contributed by atoms with Crippen molar-refractivity contribution < 1.29 is 9.13 Å². The van der Waals surface area contributed by atoms with E-state index < -0.39 is 0 Å². The van der Waals surface area contributed by atoms with Gasteiger partial charge in [0.25, 0.3) is 0 Å². The van der Waals surface area contributed by atoms with Gasteiger partial charge in [0, 0.05) is 0 Å². The molecule has 0 fully saturated rings. The van der Waals surface area contributed by atoms with Crippen LogP contribution in [-0.4, -0.2) is 18.5 Å². The predicted octanol–water partition coefficient (Wildman–Crippen LogP) is 2.47. The van der Waals surface area contributed by atoms with Gasteiger partial charge in [0.15, 0.2) is 0 Å². The van der Waals surface area contributed by atoms with Crippen LogP contribution in [0.15, 0.2) is 35.8 Å². The molecule has 0 radical (unpaired) electrons.